The van der Waals surface area contributed by atoms with Crippen molar-refractivity contribution in [3.63, 3.8) is 0 Å². The minimum Gasteiger partial charge on any atom is -0.497 e. The van der Waals surface area contributed by atoms with Gasteiger partial charge in [0.25, 0.3) is 5.91 Å². The molecule has 1 fully saturated rings. The number of esters is 1. The fourth-order valence-corrected chi connectivity index (χ4v) is 3.41. The fraction of sp³-hybridized carbons (Fsp3) is 0.375. The van der Waals surface area contributed by atoms with Crippen molar-refractivity contribution < 1.29 is 23.9 Å². The Balaban J connectivity index is 1.37. The van der Waals surface area contributed by atoms with Gasteiger partial charge in [-0.25, -0.2) is 0 Å². The summed E-state index contributed by atoms with van der Waals surface area (Å²) in [5.74, 6) is -0.0591. The number of piperazine rings is 1. The molecule has 7 nitrogen and oxygen atoms in total. The Bertz CT molecular complexity index is 901. The third-order valence-corrected chi connectivity index (χ3v) is 5.36. The monoisotopic (exact) mass is 424 g/mol. The van der Waals surface area contributed by atoms with Gasteiger partial charge < -0.3 is 19.3 Å². The van der Waals surface area contributed by atoms with Crippen LogP contribution in [0.3, 0.4) is 0 Å². The normalized spacial score (nSPS) is 13.6. The predicted octanol–water partition coefficient (Wildman–Crippen LogP) is 2.86. The van der Waals surface area contributed by atoms with Crippen molar-refractivity contribution in [1.82, 2.24) is 4.90 Å². The summed E-state index contributed by atoms with van der Waals surface area (Å²) in [5.41, 5.74) is 2.72. The van der Waals surface area contributed by atoms with Crippen molar-refractivity contribution in [1.29, 1.82) is 0 Å². The summed E-state index contributed by atoms with van der Waals surface area (Å²) < 4.78 is 10.3. The minimum atomic E-state index is -0.536. The van der Waals surface area contributed by atoms with Gasteiger partial charge in [-0.15, -0.1) is 0 Å². The van der Waals surface area contributed by atoms with E-state index in [1.165, 1.54) is 0 Å². The zero-order chi connectivity index (χ0) is 22.2. The molecule has 0 saturated carbocycles. The van der Waals surface area contributed by atoms with Gasteiger partial charge in [-0.1, -0.05) is 29.8 Å². The number of ether oxygens (including phenoxy) is 2. The van der Waals surface area contributed by atoms with Crippen LogP contribution in [-0.2, 0) is 14.3 Å². The molecule has 3 rings (SSSR count). The zero-order valence-corrected chi connectivity index (χ0v) is 18.0. The van der Waals surface area contributed by atoms with Crippen LogP contribution in [0.4, 0.5) is 5.69 Å². The first-order valence-corrected chi connectivity index (χ1v) is 10.4. The molecule has 1 aliphatic rings. The van der Waals surface area contributed by atoms with Gasteiger partial charge in [-0.05, 0) is 31.2 Å². The number of Topliss-reactive ketones (excluding diaryl/α,β-unsaturated/α-hetero) is 1. The molecule has 0 aliphatic carbocycles. The Labute approximate surface area is 182 Å². The lowest BCUT2D eigenvalue weighted by Crippen LogP contribution is -2.49. The van der Waals surface area contributed by atoms with E-state index in [4.69, 9.17) is 9.47 Å². The molecular weight excluding hydrogens is 396 g/mol. The maximum atomic E-state index is 12.4. The van der Waals surface area contributed by atoms with Gasteiger partial charge in [0.05, 0.1) is 13.5 Å². The first kappa shape index (κ1) is 22.3. The van der Waals surface area contributed by atoms with Gasteiger partial charge in [0.1, 0.15) is 5.75 Å². The number of methoxy groups -OCH3 is 1. The highest BCUT2D eigenvalue weighted by atomic mass is 16.5. The Kier molecular flexibility index (Phi) is 7.65. The number of rotatable bonds is 8. The molecule has 0 aromatic heterocycles. The molecular formula is C24H28N2O5. The smallest absolute Gasteiger partial charge is 0.306 e. The van der Waals surface area contributed by atoms with Gasteiger partial charge in [-0.2, -0.15) is 0 Å². The van der Waals surface area contributed by atoms with E-state index in [0.29, 0.717) is 31.7 Å². The van der Waals surface area contributed by atoms with Crippen LogP contribution < -0.4 is 9.64 Å². The molecule has 0 bridgehead atoms. The summed E-state index contributed by atoms with van der Waals surface area (Å²) in [6.07, 6.45) is 0.0296. The van der Waals surface area contributed by atoms with E-state index in [1.807, 2.05) is 43.3 Å². The van der Waals surface area contributed by atoms with Crippen LogP contribution in [-0.4, -0.2) is 62.5 Å². The third kappa shape index (κ3) is 6.31. The number of nitrogens with zero attached hydrogens (tertiary/aromatic N) is 2. The van der Waals surface area contributed by atoms with Crippen LogP contribution in [0.5, 0.6) is 5.75 Å². The first-order valence-electron chi connectivity index (χ1n) is 10.4. The molecule has 2 aromatic rings. The van der Waals surface area contributed by atoms with Crippen molar-refractivity contribution in [3.8, 4) is 5.75 Å². The molecule has 0 atom stereocenters. The Morgan fingerprint density at radius 1 is 0.871 bits per heavy atom. The number of ketones is 1. The Hall–Kier alpha value is -3.35. The number of amides is 1. The standard InChI is InChI=1S/C24H28N2O5/c1-18-3-5-19(6-4-18)22(27)11-12-24(29)31-17-23(28)26-15-13-25(14-16-26)20-7-9-21(30-2)10-8-20/h3-10H,11-17H2,1-2H3. The molecule has 7 heteroatoms. The van der Waals surface area contributed by atoms with Crippen molar-refractivity contribution >= 4 is 23.3 Å². The highest BCUT2D eigenvalue weighted by Gasteiger charge is 2.22. The topological polar surface area (TPSA) is 76.2 Å². The second kappa shape index (κ2) is 10.6. The molecule has 1 heterocycles. The maximum Gasteiger partial charge on any atom is 0.306 e. The minimum absolute atomic E-state index is 0.0365. The average Bonchev–Trinajstić information content (AvgIpc) is 2.81. The number of hydrogen-bond acceptors (Lipinski definition) is 6. The van der Waals surface area contributed by atoms with Crippen molar-refractivity contribution in [3.05, 3.63) is 59.7 Å². The Morgan fingerprint density at radius 3 is 2.13 bits per heavy atom. The van der Waals surface area contributed by atoms with Crippen molar-refractivity contribution in [2.75, 3.05) is 44.8 Å². The van der Waals surface area contributed by atoms with Gasteiger partial charge in [0.2, 0.25) is 0 Å². The zero-order valence-electron chi connectivity index (χ0n) is 18.0. The van der Waals surface area contributed by atoms with Crippen LogP contribution in [0.2, 0.25) is 0 Å². The summed E-state index contributed by atoms with van der Waals surface area (Å²) in [4.78, 5) is 40.3. The number of carbonyl (C=O) groups excluding carboxylic acids is 3. The van der Waals surface area contributed by atoms with Crippen LogP contribution in [0.25, 0.3) is 0 Å². The lowest BCUT2D eigenvalue weighted by atomic mass is 10.1. The number of hydrogen-bond donors (Lipinski definition) is 0. The van der Waals surface area contributed by atoms with E-state index in [-0.39, 0.29) is 31.1 Å². The summed E-state index contributed by atoms with van der Waals surface area (Å²) in [7, 11) is 1.63. The van der Waals surface area contributed by atoms with Gasteiger partial charge >= 0.3 is 5.97 Å². The first-order chi connectivity index (χ1) is 15.0. The predicted molar refractivity (Wildman–Crippen MR) is 117 cm³/mol. The molecule has 0 unspecified atom stereocenters. The summed E-state index contributed by atoms with van der Waals surface area (Å²) in [6.45, 7) is 4.19. The van der Waals surface area contributed by atoms with E-state index >= 15 is 0 Å². The molecule has 2 aromatic carbocycles. The van der Waals surface area contributed by atoms with Gasteiger partial charge in [0, 0.05) is 43.9 Å². The fourth-order valence-electron chi connectivity index (χ4n) is 3.41. The second-order valence-electron chi connectivity index (χ2n) is 7.52. The number of anilines is 1. The van der Waals surface area contributed by atoms with E-state index in [1.54, 1.807) is 24.1 Å². The average molecular weight is 424 g/mol. The van der Waals surface area contributed by atoms with Crippen molar-refractivity contribution in [2.24, 2.45) is 0 Å². The van der Waals surface area contributed by atoms with E-state index in [9.17, 15) is 14.4 Å². The van der Waals surface area contributed by atoms with Crippen molar-refractivity contribution in [2.45, 2.75) is 19.8 Å². The molecule has 0 spiro atoms. The summed E-state index contributed by atoms with van der Waals surface area (Å²) in [6, 6.07) is 15.0. The molecule has 1 amide bonds. The van der Waals surface area contributed by atoms with Crippen LogP contribution in [0.1, 0.15) is 28.8 Å². The summed E-state index contributed by atoms with van der Waals surface area (Å²) in [5, 5.41) is 0. The van der Waals surface area contributed by atoms with E-state index in [0.717, 1.165) is 17.0 Å². The molecule has 1 saturated heterocycles. The number of carbonyl (C=O) groups is 3. The quantitative estimate of drug-likeness (QED) is 0.479. The number of benzene rings is 2. The van der Waals surface area contributed by atoms with Crippen LogP contribution in [0, 0.1) is 6.92 Å². The highest BCUT2D eigenvalue weighted by molar-refractivity contribution is 5.97. The Morgan fingerprint density at radius 2 is 1.52 bits per heavy atom. The van der Waals surface area contributed by atoms with Gasteiger partial charge in [-0.3, -0.25) is 14.4 Å². The highest BCUT2D eigenvalue weighted by Crippen LogP contribution is 2.20. The lowest BCUT2D eigenvalue weighted by molar-refractivity contribution is -0.152. The van der Waals surface area contributed by atoms with E-state index in [2.05, 4.69) is 4.90 Å². The largest absolute Gasteiger partial charge is 0.497 e. The molecule has 31 heavy (non-hydrogen) atoms. The molecule has 1 aliphatic heterocycles. The molecule has 0 N–H and O–H groups in total. The summed E-state index contributed by atoms with van der Waals surface area (Å²) >= 11 is 0. The van der Waals surface area contributed by atoms with E-state index < -0.39 is 5.97 Å². The van der Waals surface area contributed by atoms with Gasteiger partial charge in [0.15, 0.2) is 12.4 Å². The molecule has 164 valence electrons. The van der Waals surface area contributed by atoms with Crippen LogP contribution >= 0.6 is 0 Å². The third-order valence-electron chi connectivity index (χ3n) is 5.36. The molecule has 0 radical (unpaired) electrons. The van der Waals surface area contributed by atoms with Crippen LogP contribution in [0.15, 0.2) is 48.5 Å². The lowest BCUT2D eigenvalue weighted by Gasteiger charge is -2.36. The second-order valence-corrected chi connectivity index (χ2v) is 7.52. The number of aryl methyl sites for hydroxylation is 1. The maximum absolute atomic E-state index is 12.4. The SMILES string of the molecule is COc1ccc(N2CCN(C(=O)COC(=O)CCC(=O)c3ccc(C)cc3)CC2)cc1.